The Hall–Kier alpha value is -1.28. The van der Waals surface area contributed by atoms with E-state index in [2.05, 4.69) is 0 Å². The minimum Gasteiger partial charge on any atom is -0.507 e. The lowest BCUT2D eigenvalue weighted by molar-refractivity contribution is 0.0523. The van der Waals surface area contributed by atoms with Crippen molar-refractivity contribution in [2.45, 2.75) is 16.9 Å². The van der Waals surface area contributed by atoms with Crippen LogP contribution in [0.5, 0.6) is 5.75 Å². The summed E-state index contributed by atoms with van der Waals surface area (Å²) in [6.07, 6.45) is 0. The van der Waals surface area contributed by atoms with Gasteiger partial charge in [0.25, 0.3) is 0 Å². The molecule has 0 aliphatic heterocycles. The number of hydrogen-bond acceptors (Lipinski definition) is 6. The predicted octanol–water partition coefficient (Wildman–Crippen LogP) is 3.91. The van der Waals surface area contributed by atoms with Crippen molar-refractivity contribution in [1.82, 2.24) is 0 Å². The highest BCUT2D eigenvalue weighted by molar-refractivity contribution is 7.92. The second-order valence-corrected chi connectivity index (χ2v) is 8.80. The minimum absolute atomic E-state index is 0.0183. The molecular weight excluding hydrogens is 383 g/mol. The molecule has 1 N–H and O–H groups in total. The summed E-state index contributed by atoms with van der Waals surface area (Å²) >= 11 is 12.4. The maximum atomic E-state index is 12.3. The lowest BCUT2D eigenvalue weighted by Crippen LogP contribution is -2.06. The standard InChI is InChI=1S/C14H12Cl2O5S2/c1-2-21-14(18)9-4-3-8(5-11(9)17)7-23(19,20)12-6-10(15)13(16)22-12/h3-6,17H,2,7H2,1H3. The number of hydrogen-bond donors (Lipinski definition) is 1. The Bertz CT molecular complexity index is 823. The molecule has 0 spiro atoms. The first-order valence-electron chi connectivity index (χ1n) is 6.41. The molecule has 1 aromatic heterocycles. The predicted molar refractivity (Wildman–Crippen MR) is 89.3 cm³/mol. The van der Waals surface area contributed by atoms with E-state index in [1.165, 1.54) is 24.3 Å². The van der Waals surface area contributed by atoms with E-state index in [9.17, 15) is 18.3 Å². The zero-order chi connectivity index (χ0) is 17.2. The summed E-state index contributed by atoms with van der Waals surface area (Å²) in [7, 11) is -3.65. The van der Waals surface area contributed by atoms with Crippen LogP contribution < -0.4 is 0 Å². The molecule has 124 valence electrons. The molecule has 0 radical (unpaired) electrons. The molecule has 0 saturated heterocycles. The number of phenols is 1. The number of phenolic OH excluding ortho intramolecular Hbond substituents is 1. The largest absolute Gasteiger partial charge is 0.507 e. The van der Waals surface area contributed by atoms with Crippen molar-refractivity contribution in [3.63, 3.8) is 0 Å². The molecule has 0 aliphatic carbocycles. The van der Waals surface area contributed by atoms with Crippen LogP contribution >= 0.6 is 34.5 Å². The van der Waals surface area contributed by atoms with Crippen molar-refractivity contribution in [2.75, 3.05) is 6.61 Å². The Kier molecular flexibility index (Phi) is 5.57. The molecule has 2 aromatic rings. The van der Waals surface area contributed by atoms with Crippen LogP contribution in [-0.2, 0) is 20.3 Å². The monoisotopic (exact) mass is 394 g/mol. The van der Waals surface area contributed by atoms with Crippen molar-refractivity contribution in [3.8, 4) is 5.75 Å². The second kappa shape index (κ2) is 7.09. The topological polar surface area (TPSA) is 80.7 Å². The molecule has 1 heterocycles. The molecule has 5 nitrogen and oxygen atoms in total. The number of sulfone groups is 1. The molecule has 0 fully saturated rings. The molecule has 0 saturated carbocycles. The van der Waals surface area contributed by atoms with E-state index in [1.807, 2.05) is 0 Å². The molecule has 2 rings (SSSR count). The Morgan fingerprint density at radius 1 is 1.30 bits per heavy atom. The summed E-state index contributed by atoms with van der Waals surface area (Å²) < 4.78 is 29.7. The molecule has 0 aliphatic rings. The fourth-order valence-corrected chi connectivity index (χ4v) is 5.12. The van der Waals surface area contributed by atoms with Crippen LogP contribution in [-0.4, -0.2) is 26.1 Å². The SMILES string of the molecule is CCOC(=O)c1ccc(CS(=O)(=O)c2cc(Cl)c(Cl)s2)cc1O. The summed E-state index contributed by atoms with van der Waals surface area (Å²) in [6, 6.07) is 5.28. The highest BCUT2D eigenvalue weighted by Crippen LogP contribution is 2.35. The van der Waals surface area contributed by atoms with Gasteiger partial charge in [0.1, 0.15) is 19.9 Å². The quantitative estimate of drug-likeness (QED) is 0.777. The van der Waals surface area contributed by atoms with Gasteiger partial charge in [-0.2, -0.15) is 0 Å². The van der Waals surface area contributed by atoms with Gasteiger partial charge in [0, 0.05) is 0 Å². The number of thiophene rings is 1. The highest BCUT2D eigenvalue weighted by atomic mass is 35.5. The zero-order valence-electron chi connectivity index (χ0n) is 11.9. The minimum atomic E-state index is -3.65. The maximum Gasteiger partial charge on any atom is 0.341 e. The number of carbonyl (C=O) groups is 1. The number of halogens is 2. The lowest BCUT2D eigenvalue weighted by Gasteiger charge is -2.07. The molecule has 23 heavy (non-hydrogen) atoms. The van der Waals surface area contributed by atoms with Crippen molar-refractivity contribution in [3.05, 3.63) is 44.8 Å². The third-order valence-electron chi connectivity index (χ3n) is 2.84. The molecule has 0 amide bonds. The van der Waals surface area contributed by atoms with Gasteiger partial charge >= 0.3 is 5.97 Å². The second-order valence-electron chi connectivity index (χ2n) is 4.52. The van der Waals surface area contributed by atoms with E-state index in [0.29, 0.717) is 5.56 Å². The first kappa shape index (κ1) is 18.1. The molecular formula is C14H12Cl2O5S2. The van der Waals surface area contributed by atoms with Gasteiger partial charge in [0.05, 0.1) is 17.4 Å². The average molecular weight is 395 g/mol. The number of aromatic hydroxyl groups is 1. The van der Waals surface area contributed by atoms with E-state index in [4.69, 9.17) is 27.9 Å². The molecule has 9 heteroatoms. The van der Waals surface area contributed by atoms with Gasteiger partial charge in [-0.05, 0) is 30.7 Å². The van der Waals surface area contributed by atoms with Crippen molar-refractivity contribution in [2.24, 2.45) is 0 Å². The van der Waals surface area contributed by atoms with Crippen molar-refractivity contribution < 1.29 is 23.1 Å². The smallest absolute Gasteiger partial charge is 0.341 e. The third kappa shape index (κ3) is 4.17. The number of carbonyl (C=O) groups excluding carboxylic acids is 1. The number of rotatable bonds is 5. The van der Waals surface area contributed by atoms with E-state index in [0.717, 1.165) is 11.3 Å². The summed E-state index contributed by atoms with van der Waals surface area (Å²) in [5.41, 5.74) is 0.311. The van der Waals surface area contributed by atoms with Crippen LogP contribution in [0.3, 0.4) is 0 Å². The summed E-state index contributed by atoms with van der Waals surface area (Å²) in [6.45, 7) is 1.82. The third-order valence-corrected chi connectivity index (χ3v) is 6.96. The van der Waals surface area contributed by atoms with Crippen LogP contribution in [0, 0.1) is 0 Å². The first-order valence-corrected chi connectivity index (χ1v) is 9.63. The highest BCUT2D eigenvalue weighted by Gasteiger charge is 2.21. The first-order chi connectivity index (χ1) is 10.7. The van der Waals surface area contributed by atoms with Crippen LogP contribution in [0.1, 0.15) is 22.8 Å². The Labute approximate surface area is 147 Å². The number of benzene rings is 1. The van der Waals surface area contributed by atoms with E-state index < -0.39 is 15.8 Å². The maximum absolute atomic E-state index is 12.3. The van der Waals surface area contributed by atoms with Gasteiger partial charge in [-0.3, -0.25) is 0 Å². The van der Waals surface area contributed by atoms with Crippen molar-refractivity contribution >= 4 is 50.3 Å². The Morgan fingerprint density at radius 3 is 2.52 bits per heavy atom. The normalized spacial score (nSPS) is 11.4. The summed E-state index contributed by atoms with van der Waals surface area (Å²) in [5.74, 6) is -1.36. The zero-order valence-corrected chi connectivity index (χ0v) is 15.0. The summed E-state index contributed by atoms with van der Waals surface area (Å²) in [4.78, 5) is 11.6. The van der Waals surface area contributed by atoms with E-state index in [1.54, 1.807) is 6.92 Å². The van der Waals surface area contributed by atoms with Gasteiger partial charge in [-0.1, -0.05) is 29.3 Å². The van der Waals surface area contributed by atoms with Gasteiger partial charge in [-0.25, -0.2) is 13.2 Å². The fraction of sp³-hybridized carbons (Fsp3) is 0.214. The van der Waals surface area contributed by atoms with Crippen LogP contribution in [0.25, 0.3) is 0 Å². The number of esters is 1. The van der Waals surface area contributed by atoms with Gasteiger partial charge in [0.2, 0.25) is 0 Å². The van der Waals surface area contributed by atoms with Crippen LogP contribution in [0.2, 0.25) is 9.36 Å². The fourth-order valence-electron chi connectivity index (χ4n) is 1.82. The van der Waals surface area contributed by atoms with Gasteiger partial charge in [0.15, 0.2) is 9.84 Å². The Morgan fingerprint density at radius 2 is 2.00 bits per heavy atom. The molecule has 0 bridgehead atoms. The van der Waals surface area contributed by atoms with E-state index >= 15 is 0 Å². The molecule has 0 unspecified atom stereocenters. The lowest BCUT2D eigenvalue weighted by atomic mass is 10.1. The van der Waals surface area contributed by atoms with Gasteiger partial charge in [-0.15, -0.1) is 11.3 Å². The Balaban J connectivity index is 2.26. The number of ether oxygens (including phenoxy) is 1. The average Bonchev–Trinajstić information content (AvgIpc) is 2.79. The molecule has 0 atom stereocenters. The van der Waals surface area contributed by atoms with Crippen LogP contribution in [0.4, 0.5) is 0 Å². The van der Waals surface area contributed by atoms with Crippen molar-refractivity contribution in [1.29, 1.82) is 0 Å². The summed E-state index contributed by atoms with van der Waals surface area (Å²) in [5, 5.41) is 10.0. The van der Waals surface area contributed by atoms with Gasteiger partial charge < -0.3 is 9.84 Å². The molecule has 1 aromatic carbocycles. The van der Waals surface area contributed by atoms with Crippen LogP contribution in [0.15, 0.2) is 28.5 Å². The van der Waals surface area contributed by atoms with E-state index in [-0.39, 0.29) is 37.2 Å².